The Kier molecular flexibility index (Phi) is 2.44. The number of anilines is 1. The Balaban J connectivity index is 2.19. The number of carbonyl (C=O) groups excluding carboxylic acids is 1. The Bertz CT molecular complexity index is 869. The lowest BCUT2D eigenvalue weighted by Crippen LogP contribution is -1.89. The molecule has 1 aromatic carbocycles. The molecule has 4 N–H and O–H groups in total. The lowest BCUT2D eigenvalue weighted by molar-refractivity contribution is 0.112. The molecule has 20 heavy (non-hydrogen) atoms. The fourth-order valence-electron chi connectivity index (χ4n) is 2.00. The predicted molar refractivity (Wildman–Crippen MR) is 71.2 cm³/mol. The van der Waals surface area contributed by atoms with Gasteiger partial charge in [-0.15, -0.1) is 5.10 Å². The molecule has 3 rings (SSSR count). The number of phenols is 1. The first kappa shape index (κ1) is 11.8. The van der Waals surface area contributed by atoms with E-state index in [1.54, 1.807) is 12.1 Å². The van der Waals surface area contributed by atoms with E-state index in [4.69, 9.17) is 11.0 Å². The maximum atomic E-state index is 11.0. The molecular formula is C13H9N5O2. The van der Waals surface area contributed by atoms with Gasteiger partial charge in [-0.1, -0.05) is 0 Å². The standard InChI is InChI=1S/C13H9N5O2/c14-4-8-5-18-13(9(8)6-19)16-12(17-18)7-1-2-11(20)10(15)3-7/h1-3,5-6,20H,15H2,(H,16,17). The number of nitrogens with one attached hydrogen (secondary N) is 1. The number of phenolic OH excluding ortho intramolecular Hbond substituents is 1. The van der Waals surface area contributed by atoms with E-state index in [0.717, 1.165) is 0 Å². The van der Waals surface area contributed by atoms with Crippen molar-refractivity contribution in [2.75, 3.05) is 5.73 Å². The van der Waals surface area contributed by atoms with E-state index in [2.05, 4.69) is 10.1 Å². The molecule has 2 heterocycles. The summed E-state index contributed by atoms with van der Waals surface area (Å²) in [6, 6.07) is 6.61. The second-order valence-electron chi connectivity index (χ2n) is 4.23. The molecule has 0 atom stereocenters. The monoisotopic (exact) mass is 267 g/mol. The summed E-state index contributed by atoms with van der Waals surface area (Å²) in [6.45, 7) is 0. The first-order valence-corrected chi connectivity index (χ1v) is 5.69. The normalized spacial score (nSPS) is 10.6. The Morgan fingerprint density at radius 1 is 1.50 bits per heavy atom. The lowest BCUT2D eigenvalue weighted by Gasteiger charge is -2.00. The summed E-state index contributed by atoms with van der Waals surface area (Å²) in [5, 5.41) is 22.6. The van der Waals surface area contributed by atoms with Crippen molar-refractivity contribution in [3.05, 3.63) is 35.5 Å². The molecule has 7 heteroatoms. The Labute approximate surface area is 112 Å². The number of nitriles is 1. The van der Waals surface area contributed by atoms with E-state index in [9.17, 15) is 9.90 Å². The van der Waals surface area contributed by atoms with Gasteiger partial charge in [0.2, 0.25) is 0 Å². The number of aldehydes is 1. The number of aromatic hydroxyl groups is 1. The van der Waals surface area contributed by atoms with Crippen LogP contribution in [0, 0.1) is 11.3 Å². The van der Waals surface area contributed by atoms with E-state index in [-0.39, 0.29) is 22.6 Å². The van der Waals surface area contributed by atoms with Gasteiger partial charge in [-0.25, -0.2) is 4.52 Å². The first-order chi connectivity index (χ1) is 9.63. The number of H-pyrrole nitrogens is 1. The molecule has 7 nitrogen and oxygen atoms in total. The predicted octanol–water partition coefficient (Wildman–Crippen LogP) is 1.30. The molecule has 0 saturated heterocycles. The minimum Gasteiger partial charge on any atom is -0.506 e. The van der Waals surface area contributed by atoms with Crippen LogP contribution < -0.4 is 5.73 Å². The molecule has 3 aromatic rings. The van der Waals surface area contributed by atoms with Crippen LogP contribution in [0.2, 0.25) is 0 Å². The van der Waals surface area contributed by atoms with Gasteiger partial charge in [-0.3, -0.25) is 4.79 Å². The van der Waals surface area contributed by atoms with Gasteiger partial charge in [0.15, 0.2) is 12.1 Å². The van der Waals surface area contributed by atoms with Crippen LogP contribution in [-0.4, -0.2) is 26.0 Å². The maximum absolute atomic E-state index is 11.0. The van der Waals surface area contributed by atoms with Crippen LogP contribution in [0.4, 0.5) is 5.69 Å². The highest BCUT2D eigenvalue weighted by Gasteiger charge is 2.15. The summed E-state index contributed by atoms with van der Waals surface area (Å²) >= 11 is 0. The average Bonchev–Trinajstić information content (AvgIpc) is 2.98. The second kappa shape index (κ2) is 4.13. The van der Waals surface area contributed by atoms with Gasteiger partial charge in [-0.05, 0) is 18.2 Å². The highest BCUT2D eigenvalue weighted by molar-refractivity contribution is 5.89. The number of aromatic amines is 1. The summed E-state index contributed by atoms with van der Waals surface area (Å²) < 4.78 is 1.43. The van der Waals surface area contributed by atoms with Crippen molar-refractivity contribution in [3.8, 4) is 23.2 Å². The van der Waals surface area contributed by atoms with E-state index in [0.29, 0.717) is 23.3 Å². The van der Waals surface area contributed by atoms with Crippen molar-refractivity contribution in [3.63, 3.8) is 0 Å². The quantitative estimate of drug-likeness (QED) is 0.367. The Hall–Kier alpha value is -3.27. The van der Waals surface area contributed by atoms with Crippen LogP contribution in [0.5, 0.6) is 5.75 Å². The minimum atomic E-state index is -0.00712. The van der Waals surface area contributed by atoms with Crippen LogP contribution in [-0.2, 0) is 0 Å². The number of benzene rings is 1. The van der Waals surface area contributed by atoms with Gasteiger partial charge in [0.1, 0.15) is 17.5 Å². The average molecular weight is 267 g/mol. The topological polar surface area (TPSA) is 120 Å². The van der Waals surface area contributed by atoms with Crippen molar-refractivity contribution < 1.29 is 9.90 Å². The second-order valence-corrected chi connectivity index (χ2v) is 4.23. The van der Waals surface area contributed by atoms with Gasteiger partial charge in [-0.2, -0.15) is 5.26 Å². The van der Waals surface area contributed by atoms with Gasteiger partial charge < -0.3 is 15.8 Å². The molecule has 0 aliphatic rings. The summed E-state index contributed by atoms with van der Waals surface area (Å²) in [5.41, 5.74) is 7.50. The molecule has 0 fully saturated rings. The Morgan fingerprint density at radius 3 is 2.95 bits per heavy atom. The smallest absolute Gasteiger partial charge is 0.159 e. The fourth-order valence-corrected chi connectivity index (χ4v) is 2.00. The number of rotatable bonds is 2. The SMILES string of the molecule is N#Cc1cn2nc(-c3ccc(O)c(N)c3)[nH]c2c1C=O. The molecule has 0 bridgehead atoms. The molecular weight excluding hydrogens is 258 g/mol. The van der Waals surface area contributed by atoms with Crippen LogP contribution >= 0.6 is 0 Å². The van der Waals surface area contributed by atoms with Crippen LogP contribution in [0.25, 0.3) is 17.0 Å². The maximum Gasteiger partial charge on any atom is 0.159 e. The summed E-state index contributed by atoms with van der Waals surface area (Å²) in [5.74, 6) is 0.478. The third-order valence-electron chi connectivity index (χ3n) is 3.01. The highest BCUT2D eigenvalue weighted by Crippen LogP contribution is 2.26. The van der Waals surface area contributed by atoms with Crippen molar-refractivity contribution in [1.29, 1.82) is 5.26 Å². The zero-order valence-corrected chi connectivity index (χ0v) is 10.2. The van der Waals surface area contributed by atoms with Crippen LogP contribution in [0.1, 0.15) is 15.9 Å². The lowest BCUT2D eigenvalue weighted by atomic mass is 10.2. The molecule has 0 aliphatic carbocycles. The largest absolute Gasteiger partial charge is 0.506 e. The third kappa shape index (κ3) is 1.59. The first-order valence-electron chi connectivity index (χ1n) is 5.69. The van der Waals surface area contributed by atoms with Gasteiger partial charge in [0, 0.05) is 11.8 Å². The van der Waals surface area contributed by atoms with Crippen molar-refractivity contribution in [2.24, 2.45) is 0 Å². The summed E-state index contributed by atoms with van der Waals surface area (Å²) in [4.78, 5) is 14.0. The number of hydrogen-bond acceptors (Lipinski definition) is 5. The van der Waals surface area contributed by atoms with Crippen LogP contribution in [0.15, 0.2) is 24.4 Å². The van der Waals surface area contributed by atoms with E-state index < -0.39 is 0 Å². The molecule has 0 spiro atoms. The zero-order chi connectivity index (χ0) is 14.3. The van der Waals surface area contributed by atoms with Crippen molar-refractivity contribution >= 4 is 17.6 Å². The number of nitrogen functional groups attached to an aromatic ring is 1. The molecule has 0 aliphatic heterocycles. The van der Waals surface area contributed by atoms with E-state index >= 15 is 0 Å². The summed E-state index contributed by atoms with van der Waals surface area (Å²) in [7, 11) is 0. The molecule has 0 amide bonds. The zero-order valence-electron chi connectivity index (χ0n) is 10.2. The molecule has 0 unspecified atom stereocenters. The number of carbonyl (C=O) groups is 1. The highest BCUT2D eigenvalue weighted by atomic mass is 16.3. The van der Waals surface area contributed by atoms with Crippen LogP contribution in [0.3, 0.4) is 0 Å². The number of nitrogens with zero attached hydrogens (tertiary/aromatic N) is 3. The summed E-state index contributed by atoms with van der Waals surface area (Å²) in [6.07, 6.45) is 2.09. The number of aromatic nitrogens is 3. The molecule has 98 valence electrons. The number of fused-ring (bicyclic) bond motifs is 1. The number of hydrogen-bond donors (Lipinski definition) is 3. The van der Waals surface area contributed by atoms with Crippen molar-refractivity contribution in [1.82, 2.24) is 14.6 Å². The fraction of sp³-hybridized carbons (Fsp3) is 0. The minimum absolute atomic E-state index is 0.00712. The number of nitrogens with two attached hydrogens (primary N) is 1. The molecule has 0 saturated carbocycles. The van der Waals surface area contributed by atoms with E-state index in [1.165, 1.54) is 16.8 Å². The van der Waals surface area contributed by atoms with Gasteiger partial charge >= 0.3 is 0 Å². The van der Waals surface area contributed by atoms with E-state index in [1.807, 2.05) is 6.07 Å². The van der Waals surface area contributed by atoms with Gasteiger partial charge in [0.25, 0.3) is 0 Å². The van der Waals surface area contributed by atoms with Crippen molar-refractivity contribution in [2.45, 2.75) is 0 Å². The van der Waals surface area contributed by atoms with Gasteiger partial charge in [0.05, 0.1) is 16.8 Å². The molecule has 2 aromatic heterocycles. The Morgan fingerprint density at radius 2 is 2.30 bits per heavy atom. The third-order valence-corrected chi connectivity index (χ3v) is 3.01. The molecule has 0 radical (unpaired) electrons.